The van der Waals surface area contributed by atoms with Crippen LogP contribution >= 0.6 is 27.5 Å². The maximum Gasteiger partial charge on any atom is 0.123 e. The number of alkyl halides is 1. The minimum Gasteiger partial charge on any atom is -0.490 e. The van der Waals surface area contributed by atoms with Crippen LogP contribution in [0.25, 0.3) is 0 Å². The van der Waals surface area contributed by atoms with Crippen LogP contribution in [-0.2, 0) is 6.42 Å². The van der Waals surface area contributed by atoms with Crippen LogP contribution in [0, 0.1) is 6.92 Å². The summed E-state index contributed by atoms with van der Waals surface area (Å²) in [5.41, 5.74) is 3.90. The van der Waals surface area contributed by atoms with Crippen molar-refractivity contribution in [2.75, 3.05) is 5.88 Å². The van der Waals surface area contributed by atoms with E-state index in [2.05, 4.69) is 65.3 Å². The molecule has 21 heavy (non-hydrogen) atoms. The van der Waals surface area contributed by atoms with Gasteiger partial charge < -0.3 is 4.74 Å². The van der Waals surface area contributed by atoms with Gasteiger partial charge in [-0.05, 0) is 42.7 Å². The van der Waals surface area contributed by atoms with Crippen molar-refractivity contribution in [2.24, 2.45) is 0 Å². The largest absolute Gasteiger partial charge is 0.490 e. The van der Waals surface area contributed by atoms with E-state index >= 15 is 0 Å². The quantitative estimate of drug-likeness (QED) is 0.652. The molecule has 3 rings (SSSR count). The SMILES string of the molecule is Cc1ccc2c(c1)CC(CC(CCl)c1ccc(Br)cc1)O2. The maximum absolute atomic E-state index is 6.19. The molecule has 0 fully saturated rings. The molecule has 1 aliphatic rings. The predicted octanol–water partition coefficient (Wildman–Crippen LogP) is 5.47. The van der Waals surface area contributed by atoms with Gasteiger partial charge in [0.05, 0.1) is 0 Å². The minimum atomic E-state index is 0.231. The molecule has 110 valence electrons. The molecule has 0 amide bonds. The van der Waals surface area contributed by atoms with Gasteiger partial charge in [0, 0.05) is 22.7 Å². The van der Waals surface area contributed by atoms with E-state index < -0.39 is 0 Å². The number of benzene rings is 2. The average Bonchev–Trinajstić information content (AvgIpc) is 2.87. The van der Waals surface area contributed by atoms with E-state index in [4.69, 9.17) is 16.3 Å². The number of ether oxygens (including phenoxy) is 1. The second kappa shape index (κ2) is 6.41. The molecule has 0 aliphatic carbocycles. The summed E-state index contributed by atoms with van der Waals surface area (Å²) in [7, 11) is 0. The first-order valence-corrected chi connectivity index (χ1v) is 8.56. The third-order valence-corrected chi connectivity index (χ3v) is 4.93. The van der Waals surface area contributed by atoms with Crippen molar-refractivity contribution < 1.29 is 4.74 Å². The van der Waals surface area contributed by atoms with Crippen LogP contribution in [0.3, 0.4) is 0 Å². The molecule has 0 aromatic heterocycles. The Morgan fingerprint density at radius 1 is 1.24 bits per heavy atom. The summed E-state index contributed by atoms with van der Waals surface area (Å²) in [6, 6.07) is 14.8. The Hall–Kier alpha value is -0.990. The Kier molecular flexibility index (Phi) is 4.56. The molecular formula is C18H18BrClO. The van der Waals surface area contributed by atoms with Gasteiger partial charge >= 0.3 is 0 Å². The van der Waals surface area contributed by atoms with Gasteiger partial charge in [-0.15, -0.1) is 11.6 Å². The fourth-order valence-electron chi connectivity index (χ4n) is 2.92. The van der Waals surface area contributed by atoms with Gasteiger partial charge in [-0.2, -0.15) is 0 Å². The van der Waals surface area contributed by atoms with E-state index in [1.807, 2.05) is 0 Å². The van der Waals surface area contributed by atoms with Crippen molar-refractivity contribution in [3.05, 3.63) is 63.6 Å². The van der Waals surface area contributed by atoms with Crippen molar-refractivity contribution in [3.63, 3.8) is 0 Å². The summed E-state index contributed by atoms with van der Waals surface area (Å²) in [6.07, 6.45) is 2.17. The lowest BCUT2D eigenvalue weighted by molar-refractivity contribution is 0.213. The lowest BCUT2D eigenvalue weighted by Crippen LogP contribution is -2.18. The molecule has 0 saturated heterocycles. The zero-order chi connectivity index (χ0) is 14.8. The number of hydrogen-bond acceptors (Lipinski definition) is 1. The zero-order valence-corrected chi connectivity index (χ0v) is 14.3. The summed E-state index contributed by atoms with van der Waals surface area (Å²) < 4.78 is 7.17. The Morgan fingerprint density at radius 2 is 2.00 bits per heavy atom. The summed E-state index contributed by atoms with van der Waals surface area (Å²) in [5.74, 6) is 1.99. The first-order valence-electron chi connectivity index (χ1n) is 7.23. The van der Waals surface area contributed by atoms with Gasteiger partial charge in [0.1, 0.15) is 11.9 Å². The normalized spacial score (nSPS) is 18.1. The van der Waals surface area contributed by atoms with Crippen LogP contribution in [0.4, 0.5) is 0 Å². The highest BCUT2D eigenvalue weighted by atomic mass is 79.9. The van der Waals surface area contributed by atoms with Gasteiger partial charge in [0.2, 0.25) is 0 Å². The third-order valence-electron chi connectivity index (χ3n) is 4.03. The van der Waals surface area contributed by atoms with E-state index in [-0.39, 0.29) is 6.10 Å². The van der Waals surface area contributed by atoms with Crippen molar-refractivity contribution in [1.82, 2.24) is 0 Å². The van der Waals surface area contributed by atoms with Crippen LogP contribution in [0.5, 0.6) is 5.75 Å². The molecule has 0 spiro atoms. The topological polar surface area (TPSA) is 9.23 Å². The highest BCUT2D eigenvalue weighted by Gasteiger charge is 2.26. The molecule has 2 aromatic rings. The Bertz CT molecular complexity index is 624. The lowest BCUT2D eigenvalue weighted by atomic mass is 9.93. The molecule has 0 N–H and O–H groups in total. The van der Waals surface area contributed by atoms with E-state index in [0.717, 1.165) is 23.1 Å². The standard InChI is InChI=1S/C18H18BrClO/c1-12-2-7-18-14(8-12)9-17(21-18)10-15(11-20)13-3-5-16(19)6-4-13/h2-8,15,17H,9-11H2,1H3. The van der Waals surface area contributed by atoms with Crippen LogP contribution in [0.2, 0.25) is 0 Å². The van der Waals surface area contributed by atoms with Crippen molar-refractivity contribution in [2.45, 2.75) is 31.8 Å². The van der Waals surface area contributed by atoms with Crippen LogP contribution in [-0.4, -0.2) is 12.0 Å². The summed E-state index contributed by atoms with van der Waals surface area (Å²) in [6.45, 7) is 2.12. The average molecular weight is 366 g/mol. The number of hydrogen-bond donors (Lipinski definition) is 0. The molecular weight excluding hydrogens is 348 g/mol. The zero-order valence-electron chi connectivity index (χ0n) is 12.0. The molecule has 1 heterocycles. The predicted molar refractivity (Wildman–Crippen MR) is 91.5 cm³/mol. The Balaban J connectivity index is 1.70. The number of halogens is 2. The Morgan fingerprint density at radius 3 is 2.71 bits per heavy atom. The molecule has 0 saturated carbocycles. The molecule has 1 aliphatic heterocycles. The van der Waals surface area contributed by atoms with Gasteiger partial charge in [0.25, 0.3) is 0 Å². The molecule has 2 aromatic carbocycles. The third kappa shape index (κ3) is 3.44. The first kappa shape index (κ1) is 14.9. The number of fused-ring (bicyclic) bond motifs is 1. The van der Waals surface area contributed by atoms with Crippen LogP contribution < -0.4 is 4.74 Å². The fraction of sp³-hybridized carbons (Fsp3) is 0.333. The summed E-state index contributed by atoms with van der Waals surface area (Å²) in [4.78, 5) is 0. The second-order valence-corrected chi connectivity index (χ2v) is 6.92. The fourth-order valence-corrected chi connectivity index (χ4v) is 3.49. The lowest BCUT2D eigenvalue weighted by Gasteiger charge is -2.19. The highest BCUT2D eigenvalue weighted by Crippen LogP contribution is 2.34. The van der Waals surface area contributed by atoms with Gasteiger partial charge in [-0.3, -0.25) is 0 Å². The highest BCUT2D eigenvalue weighted by molar-refractivity contribution is 9.10. The van der Waals surface area contributed by atoms with E-state index in [1.165, 1.54) is 16.7 Å². The molecule has 3 heteroatoms. The number of rotatable bonds is 4. The maximum atomic E-state index is 6.19. The smallest absolute Gasteiger partial charge is 0.123 e. The number of aryl methyl sites for hydroxylation is 1. The molecule has 0 radical (unpaired) electrons. The van der Waals surface area contributed by atoms with Crippen molar-refractivity contribution in [3.8, 4) is 5.75 Å². The van der Waals surface area contributed by atoms with Gasteiger partial charge in [0.15, 0.2) is 0 Å². The second-order valence-electron chi connectivity index (χ2n) is 5.69. The monoisotopic (exact) mass is 364 g/mol. The van der Waals surface area contributed by atoms with E-state index in [9.17, 15) is 0 Å². The van der Waals surface area contributed by atoms with E-state index in [1.54, 1.807) is 0 Å². The van der Waals surface area contributed by atoms with Crippen molar-refractivity contribution in [1.29, 1.82) is 0 Å². The minimum absolute atomic E-state index is 0.231. The molecule has 2 atom stereocenters. The van der Waals surface area contributed by atoms with Gasteiger partial charge in [-0.25, -0.2) is 0 Å². The summed E-state index contributed by atoms with van der Waals surface area (Å²) >= 11 is 9.66. The molecule has 1 nitrogen and oxygen atoms in total. The van der Waals surface area contributed by atoms with E-state index in [0.29, 0.717) is 11.8 Å². The Labute approximate surface area is 139 Å². The van der Waals surface area contributed by atoms with Gasteiger partial charge in [-0.1, -0.05) is 45.8 Å². The first-order chi connectivity index (χ1) is 10.2. The molecule has 0 bridgehead atoms. The van der Waals surface area contributed by atoms with Crippen molar-refractivity contribution >= 4 is 27.5 Å². The summed E-state index contributed by atoms with van der Waals surface area (Å²) in [5, 5.41) is 0. The molecule has 2 unspecified atom stereocenters. The van der Waals surface area contributed by atoms with Crippen LogP contribution in [0.15, 0.2) is 46.9 Å². The van der Waals surface area contributed by atoms with Crippen LogP contribution in [0.1, 0.15) is 29.0 Å².